The predicted octanol–water partition coefficient (Wildman–Crippen LogP) is 3.69. The molecule has 0 bridgehead atoms. The van der Waals surface area contributed by atoms with Gasteiger partial charge in [-0.25, -0.2) is 4.39 Å². The number of rotatable bonds is 3. The maximum Gasteiger partial charge on any atom is 0.126 e. The lowest BCUT2D eigenvalue weighted by Gasteiger charge is -2.12. The van der Waals surface area contributed by atoms with Crippen molar-refractivity contribution in [3.8, 4) is 0 Å². The average molecular weight is 202 g/mol. The molecule has 0 heterocycles. The third kappa shape index (κ3) is 3.23. The van der Waals surface area contributed by atoms with E-state index in [-0.39, 0.29) is 5.82 Å². The van der Waals surface area contributed by atoms with Crippen LogP contribution in [0.5, 0.6) is 0 Å². The third-order valence-electron chi connectivity index (χ3n) is 1.89. The van der Waals surface area contributed by atoms with E-state index >= 15 is 0 Å². The summed E-state index contributed by atoms with van der Waals surface area (Å²) in [6, 6.07) is 4.79. The van der Waals surface area contributed by atoms with Crippen LogP contribution >= 0.6 is 11.6 Å². The molecule has 0 fully saturated rings. The molecule has 0 saturated heterocycles. The highest BCUT2D eigenvalue weighted by atomic mass is 35.5. The molecule has 0 saturated carbocycles. The number of halogens is 2. The Kier molecular flexibility index (Phi) is 3.55. The molecule has 0 spiro atoms. The van der Waals surface area contributed by atoms with Crippen LogP contribution < -0.4 is 5.32 Å². The van der Waals surface area contributed by atoms with Crippen LogP contribution in [0.3, 0.4) is 0 Å². The van der Waals surface area contributed by atoms with Crippen molar-refractivity contribution in [2.24, 2.45) is 0 Å². The molecule has 13 heavy (non-hydrogen) atoms. The molecule has 0 aliphatic rings. The first-order chi connectivity index (χ1) is 6.11. The van der Waals surface area contributed by atoms with Crippen LogP contribution in [0.15, 0.2) is 18.2 Å². The van der Waals surface area contributed by atoms with Crippen molar-refractivity contribution in [1.29, 1.82) is 0 Å². The van der Waals surface area contributed by atoms with E-state index in [2.05, 4.69) is 12.2 Å². The molecular weight excluding hydrogens is 189 g/mol. The Balaban J connectivity index is 2.77. The summed E-state index contributed by atoms with van der Waals surface area (Å²) in [5, 5.41) is 3.57. The molecular formula is C10H13ClFN. The molecule has 1 unspecified atom stereocenters. The summed E-state index contributed by atoms with van der Waals surface area (Å²) in [7, 11) is 0. The monoisotopic (exact) mass is 201 g/mol. The van der Waals surface area contributed by atoms with Crippen molar-refractivity contribution in [2.45, 2.75) is 26.3 Å². The lowest BCUT2D eigenvalue weighted by molar-refractivity contribution is 0.627. The number of hydrogen-bond acceptors (Lipinski definition) is 1. The molecule has 3 heteroatoms. The quantitative estimate of drug-likeness (QED) is 0.787. The van der Waals surface area contributed by atoms with Gasteiger partial charge < -0.3 is 5.32 Å². The fourth-order valence-electron chi connectivity index (χ4n) is 1.02. The van der Waals surface area contributed by atoms with Crippen molar-refractivity contribution >= 4 is 17.3 Å². The van der Waals surface area contributed by atoms with Crippen LogP contribution in [0.1, 0.15) is 20.3 Å². The fraction of sp³-hybridized carbons (Fsp3) is 0.400. The van der Waals surface area contributed by atoms with Gasteiger partial charge in [-0.05, 0) is 31.5 Å². The zero-order chi connectivity index (χ0) is 9.84. The smallest absolute Gasteiger partial charge is 0.126 e. The first-order valence-corrected chi connectivity index (χ1v) is 4.72. The van der Waals surface area contributed by atoms with Crippen molar-refractivity contribution in [2.75, 3.05) is 5.32 Å². The molecule has 0 radical (unpaired) electrons. The summed E-state index contributed by atoms with van der Waals surface area (Å²) in [6.07, 6.45) is 0.994. The van der Waals surface area contributed by atoms with Crippen LogP contribution in [0, 0.1) is 5.82 Å². The van der Waals surface area contributed by atoms with Crippen LogP contribution in [0.25, 0.3) is 0 Å². The van der Waals surface area contributed by atoms with E-state index in [9.17, 15) is 4.39 Å². The van der Waals surface area contributed by atoms with Gasteiger partial charge in [-0.15, -0.1) is 0 Å². The summed E-state index contributed by atoms with van der Waals surface area (Å²) in [4.78, 5) is 0. The highest BCUT2D eigenvalue weighted by Crippen LogP contribution is 2.18. The van der Waals surface area contributed by atoms with Crippen LogP contribution in [-0.2, 0) is 0 Å². The second-order valence-electron chi connectivity index (χ2n) is 3.11. The Morgan fingerprint density at radius 3 is 2.69 bits per heavy atom. The summed E-state index contributed by atoms with van der Waals surface area (Å²) in [5.74, 6) is -0.307. The summed E-state index contributed by atoms with van der Waals surface area (Å²) in [6.45, 7) is 4.11. The predicted molar refractivity (Wildman–Crippen MR) is 54.8 cm³/mol. The van der Waals surface area contributed by atoms with E-state index < -0.39 is 0 Å². The molecule has 1 nitrogen and oxygen atoms in total. The summed E-state index contributed by atoms with van der Waals surface area (Å²) >= 11 is 5.70. The Bertz CT molecular complexity index is 268. The van der Waals surface area contributed by atoms with E-state index in [1.165, 1.54) is 12.1 Å². The van der Waals surface area contributed by atoms with Gasteiger partial charge in [-0.1, -0.05) is 18.5 Å². The normalized spacial score (nSPS) is 12.6. The van der Waals surface area contributed by atoms with Crippen LogP contribution in [-0.4, -0.2) is 6.04 Å². The fourth-order valence-corrected chi connectivity index (χ4v) is 1.25. The highest BCUT2D eigenvalue weighted by Gasteiger charge is 2.01. The minimum Gasteiger partial charge on any atom is -0.382 e. The average Bonchev–Trinajstić information content (AvgIpc) is 2.02. The van der Waals surface area contributed by atoms with E-state index in [0.29, 0.717) is 11.1 Å². The number of anilines is 1. The summed E-state index contributed by atoms with van der Waals surface area (Å²) < 4.78 is 12.9. The van der Waals surface area contributed by atoms with Crippen molar-refractivity contribution in [3.05, 3.63) is 29.0 Å². The first-order valence-electron chi connectivity index (χ1n) is 4.34. The zero-order valence-corrected chi connectivity index (χ0v) is 8.53. The second-order valence-corrected chi connectivity index (χ2v) is 3.55. The minimum absolute atomic E-state index is 0.307. The Hall–Kier alpha value is -0.760. The van der Waals surface area contributed by atoms with Gasteiger partial charge in [0.05, 0.1) is 0 Å². The SMILES string of the molecule is CCC(C)Nc1cc(F)cc(Cl)c1. The molecule has 1 N–H and O–H groups in total. The van der Waals surface area contributed by atoms with Crippen LogP contribution in [0.4, 0.5) is 10.1 Å². The number of nitrogens with one attached hydrogen (secondary N) is 1. The molecule has 0 amide bonds. The van der Waals surface area contributed by atoms with Crippen molar-refractivity contribution in [3.63, 3.8) is 0 Å². The van der Waals surface area contributed by atoms with E-state index in [1.807, 2.05) is 6.92 Å². The van der Waals surface area contributed by atoms with Gasteiger partial charge in [0.25, 0.3) is 0 Å². The topological polar surface area (TPSA) is 12.0 Å². The Morgan fingerprint density at radius 2 is 2.15 bits per heavy atom. The van der Waals surface area contributed by atoms with E-state index in [1.54, 1.807) is 6.07 Å². The third-order valence-corrected chi connectivity index (χ3v) is 2.11. The Morgan fingerprint density at radius 1 is 1.46 bits per heavy atom. The minimum atomic E-state index is -0.307. The van der Waals surface area contributed by atoms with Crippen molar-refractivity contribution in [1.82, 2.24) is 0 Å². The van der Waals surface area contributed by atoms with Gasteiger partial charge in [-0.3, -0.25) is 0 Å². The molecule has 1 aromatic carbocycles. The number of hydrogen-bond donors (Lipinski definition) is 1. The molecule has 1 atom stereocenters. The first kappa shape index (κ1) is 10.3. The second kappa shape index (κ2) is 4.47. The van der Waals surface area contributed by atoms with Gasteiger partial charge in [0.1, 0.15) is 5.82 Å². The van der Waals surface area contributed by atoms with Gasteiger partial charge in [0.2, 0.25) is 0 Å². The van der Waals surface area contributed by atoms with E-state index in [0.717, 1.165) is 12.1 Å². The lowest BCUT2D eigenvalue weighted by Crippen LogP contribution is -2.13. The van der Waals surface area contributed by atoms with Gasteiger partial charge >= 0.3 is 0 Å². The maximum absolute atomic E-state index is 12.9. The largest absolute Gasteiger partial charge is 0.382 e. The molecule has 1 rings (SSSR count). The summed E-state index contributed by atoms with van der Waals surface area (Å²) in [5.41, 5.74) is 0.736. The number of benzene rings is 1. The van der Waals surface area contributed by atoms with Gasteiger partial charge in [0.15, 0.2) is 0 Å². The van der Waals surface area contributed by atoms with Crippen molar-refractivity contribution < 1.29 is 4.39 Å². The molecule has 0 aromatic heterocycles. The zero-order valence-electron chi connectivity index (χ0n) is 7.77. The molecule has 1 aromatic rings. The standard InChI is InChI=1S/C10H13ClFN/c1-3-7(2)13-10-5-8(11)4-9(12)6-10/h4-7,13H,3H2,1-2H3. The molecule has 72 valence electrons. The van der Waals surface area contributed by atoms with E-state index in [4.69, 9.17) is 11.6 Å². The highest BCUT2D eigenvalue weighted by molar-refractivity contribution is 6.30. The lowest BCUT2D eigenvalue weighted by atomic mass is 10.2. The maximum atomic E-state index is 12.9. The molecule has 0 aliphatic heterocycles. The van der Waals surface area contributed by atoms with Gasteiger partial charge in [-0.2, -0.15) is 0 Å². The van der Waals surface area contributed by atoms with Gasteiger partial charge in [0, 0.05) is 16.8 Å². The molecule has 0 aliphatic carbocycles. The van der Waals surface area contributed by atoms with Crippen LogP contribution in [0.2, 0.25) is 5.02 Å². The Labute approximate surface area is 82.9 Å².